The largest absolute Gasteiger partial charge is 0.271 e. The second kappa shape index (κ2) is 7.13. The number of nitrogens with one attached hydrogen (secondary N) is 1. The highest BCUT2D eigenvalue weighted by molar-refractivity contribution is 5.96. The molecule has 0 saturated heterocycles. The molecule has 1 aromatic carbocycles. The maximum absolute atomic E-state index is 12.9. The van der Waals surface area contributed by atoms with Gasteiger partial charge in [0.2, 0.25) is 0 Å². The number of aromatic nitrogens is 1. The topological polar surface area (TPSA) is 54.4 Å². The molecule has 0 aliphatic heterocycles. The second-order valence-electron chi connectivity index (χ2n) is 5.60. The van der Waals surface area contributed by atoms with Crippen molar-refractivity contribution in [2.24, 2.45) is 5.10 Å². The van der Waals surface area contributed by atoms with Crippen LogP contribution in [0, 0.1) is 5.82 Å². The van der Waals surface area contributed by atoms with Gasteiger partial charge in [0.15, 0.2) is 0 Å². The predicted molar refractivity (Wildman–Crippen MR) is 86.7 cm³/mol. The third kappa shape index (κ3) is 3.80. The molecule has 5 heteroatoms. The molecule has 1 heterocycles. The van der Waals surface area contributed by atoms with Gasteiger partial charge >= 0.3 is 0 Å². The first-order chi connectivity index (χ1) is 11.2. The number of hydrogen-bond donors (Lipinski definition) is 1. The molecule has 1 amide bonds. The Hall–Kier alpha value is -2.56. The summed E-state index contributed by atoms with van der Waals surface area (Å²) >= 11 is 0. The summed E-state index contributed by atoms with van der Waals surface area (Å²) < 4.78 is 12.9. The minimum atomic E-state index is -0.365. The van der Waals surface area contributed by atoms with Gasteiger partial charge in [-0.1, -0.05) is 12.5 Å². The van der Waals surface area contributed by atoms with Crippen LogP contribution in [-0.2, 0) is 0 Å². The molecular formula is C18H18FN3O. The Balaban J connectivity index is 1.74. The van der Waals surface area contributed by atoms with Gasteiger partial charge in [0.25, 0.3) is 5.91 Å². The number of hydrazone groups is 1. The minimum absolute atomic E-state index is 0.151. The maximum atomic E-state index is 12.9. The van der Waals surface area contributed by atoms with Gasteiger partial charge in [-0.3, -0.25) is 9.78 Å². The van der Waals surface area contributed by atoms with Crippen molar-refractivity contribution < 1.29 is 9.18 Å². The van der Waals surface area contributed by atoms with Crippen molar-refractivity contribution in [3.8, 4) is 0 Å². The van der Waals surface area contributed by atoms with Gasteiger partial charge in [-0.15, -0.1) is 0 Å². The number of amides is 1. The van der Waals surface area contributed by atoms with Crippen molar-refractivity contribution in [2.75, 3.05) is 0 Å². The van der Waals surface area contributed by atoms with Gasteiger partial charge in [-0.25, -0.2) is 9.82 Å². The molecule has 1 aliphatic rings. The van der Waals surface area contributed by atoms with Crippen LogP contribution >= 0.6 is 0 Å². The Morgan fingerprint density at radius 2 is 2.00 bits per heavy atom. The molecule has 1 fully saturated rings. The van der Waals surface area contributed by atoms with Crippen LogP contribution < -0.4 is 5.43 Å². The van der Waals surface area contributed by atoms with Crippen molar-refractivity contribution in [2.45, 2.75) is 31.6 Å². The standard InChI is InChI=1S/C18H18FN3O/c19-14-10-8-13(9-11-14)18(23)22-21-17-7-2-1-5-15(17)16-6-3-4-12-20-16/h3-4,6,8-12,15H,1-2,5,7H2,(H,22,23). The summed E-state index contributed by atoms with van der Waals surface area (Å²) in [6.45, 7) is 0. The first-order valence-corrected chi connectivity index (χ1v) is 7.77. The van der Waals surface area contributed by atoms with Crippen LogP contribution in [-0.4, -0.2) is 16.6 Å². The minimum Gasteiger partial charge on any atom is -0.267 e. The van der Waals surface area contributed by atoms with Gasteiger partial charge in [0.1, 0.15) is 5.82 Å². The monoisotopic (exact) mass is 311 g/mol. The Labute approximate surface area is 134 Å². The Kier molecular flexibility index (Phi) is 4.76. The lowest BCUT2D eigenvalue weighted by atomic mass is 9.85. The lowest BCUT2D eigenvalue weighted by Crippen LogP contribution is -2.25. The number of benzene rings is 1. The van der Waals surface area contributed by atoms with E-state index in [1.54, 1.807) is 6.20 Å². The zero-order valence-electron chi connectivity index (χ0n) is 12.7. The molecule has 1 aliphatic carbocycles. The lowest BCUT2D eigenvalue weighted by Gasteiger charge is -2.23. The summed E-state index contributed by atoms with van der Waals surface area (Å²) in [5.41, 5.74) is 4.91. The maximum Gasteiger partial charge on any atom is 0.271 e. The molecule has 0 bridgehead atoms. The van der Waals surface area contributed by atoms with Crippen LogP contribution in [0.2, 0.25) is 0 Å². The Bertz CT molecular complexity index is 698. The number of carbonyl (C=O) groups excluding carboxylic acids is 1. The van der Waals surface area contributed by atoms with E-state index in [1.165, 1.54) is 24.3 Å². The number of rotatable bonds is 3. The molecule has 2 aromatic rings. The predicted octanol–water partition coefficient (Wildman–Crippen LogP) is 3.66. The SMILES string of the molecule is O=C(NN=C1CCCCC1c1ccccn1)c1ccc(F)cc1. The molecule has 1 unspecified atom stereocenters. The smallest absolute Gasteiger partial charge is 0.267 e. The van der Waals surface area contributed by atoms with E-state index in [1.807, 2.05) is 18.2 Å². The molecule has 0 radical (unpaired) electrons. The van der Waals surface area contributed by atoms with Crippen molar-refractivity contribution in [1.29, 1.82) is 0 Å². The number of pyridine rings is 1. The summed E-state index contributed by atoms with van der Waals surface area (Å²) in [4.78, 5) is 16.5. The quantitative estimate of drug-likeness (QED) is 0.879. The summed E-state index contributed by atoms with van der Waals surface area (Å²) in [5.74, 6) is -0.545. The molecule has 0 spiro atoms. The van der Waals surface area contributed by atoms with E-state index in [-0.39, 0.29) is 17.6 Å². The van der Waals surface area contributed by atoms with Gasteiger partial charge in [0, 0.05) is 29.1 Å². The normalized spacial score (nSPS) is 19.5. The van der Waals surface area contributed by atoms with Crippen molar-refractivity contribution in [3.05, 3.63) is 65.7 Å². The third-order valence-corrected chi connectivity index (χ3v) is 4.03. The number of nitrogens with zero attached hydrogens (tertiary/aromatic N) is 2. The Morgan fingerprint density at radius 3 is 2.74 bits per heavy atom. The summed E-state index contributed by atoms with van der Waals surface area (Å²) in [7, 11) is 0. The van der Waals surface area contributed by atoms with Crippen LogP contribution in [0.3, 0.4) is 0 Å². The fraction of sp³-hybridized carbons (Fsp3) is 0.278. The van der Waals surface area contributed by atoms with Gasteiger partial charge in [0.05, 0.1) is 0 Å². The zero-order valence-corrected chi connectivity index (χ0v) is 12.7. The average molecular weight is 311 g/mol. The summed E-state index contributed by atoms with van der Waals surface area (Å²) in [6.07, 6.45) is 5.81. The fourth-order valence-electron chi connectivity index (χ4n) is 2.82. The summed E-state index contributed by atoms with van der Waals surface area (Å²) in [6, 6.07) is 11.3. The molecule has 3 rings (SSSR count). The number of halogens is 1. The lowest BCUT2D eigenvalue weighted by molar-refractivity contribution is 0.0954. The molecule has 1 atom stereocenters. The highest BCUT2D eigenvalue weighted by Gasteiger charge is 2.23. The molecule has 118 valence electrons. The average Bonchev–Trinajstić information content (AvgIpc) is 2.61. The molecule has 1 N–H and O–H groups in total. The molecule has 1 saturated carbocycles. The highest BCUT2D eigenvalue weighted by Crippen LogP contribution is 2.29. The van der Waals surface area contributed by atoms with E-state index >= 15 is 0 Å². The van der Waals surface area contributed by atoms with E-state index in [9.17, 15) is 9.18 Å². The van der Waals surface area contributed by atoms with E-state index in [0.29, 0.717) is 5.56 Å². The van der Waals surface area contributed by atoms with E-state index in [0.717, 1.165) is 37.1 Å². The highest BCUT2D eigenvalue weighted by atomic mass is 19.1. The summed E-state index contributed by atoms with van der Waals surface area (Å²) in [5, 5.41) is 4.32. The molecular weight excluding hydrogens is 293 g/mol. The fourth-order valence-corrected chi connectivity index (χ4v) is 2.82. The van der Waals surface area contributed by atoms with Crippen LogP contribution in [0.15, 0.2) is 53.8 Å². The van der Waals surface area contributed by atoms with E-state index < -0.39 is 0 Å². The van der Waals surface area contributed by atoms with Crippen LogP contribution in [0.4, 0.5) is 4.39 Å². The third-order valence-electron chi connectivity index (χ3n) is 4.03. The van der Waals surface area contributed by atoms with E-state index in [2.05, 4.69) is 15.5 Å². The van der Waals surface area contributed by atoms with Gasteiger partial charge < -0.3 is 0 Å². The van der Waals surface area contributed by atoms with Crippen molar-refractivity contribution >= 4 is 11.6 Å². The first-order valence-electron chi connectivity index (χ1n) is 7.77. The van der Waals surface area contributed by atoms with Crippen molar-refractivity contribution in [1.82, 2.24) is 10.4 Å². The molecule has 23 heavy (non-hydrogen) atoms. The van der Waals surface area contributed by atoms with Gasteiger partial charge in [-0.2, -0.15) is 5.10 Å². The van der Waals surface area contributed by atoms with Crippen LogP contribution in [0.5, 0.6) is 0 Å². The first kappa shape index (κ1) is 15.3. The zero-order chi connectivity index (χ0) is 16.1. The molecule has 4 nitrogen and oxygen atoms in total. The van der Waals surface area contributed by atoms with Gasteiger partial charge in [-0.05, 0) is 55.7 Å². The second-order valence-corrected chi connectivity index (χ2v) is 5.60. The number of hydrogen-bond acceptors (Lipinski definition) is 3. The van der Waals surface area contributed by atoms with E-state index in [4.69, 9.17) is 0 Å². The Morgan fingerprint density at radius 1 is 1.17 bits per heavy atom. The molecule has 1 aromatic heterocycles. The van der Waals surface area contributed by atoms with Crippen molar-refractivity contribution in [3.63, 3.8) is 0 Å². The van der Waals surface area contributed by atoms with Crippen LogP contribution in [0.25, 0.3) is 0 Å². The van der Waals surface area contributed by atoms with Crippen LogP contribution in [0.1, 0.15) is 47.7 Å². The number of carbonyl (C=O) groups is 1.